The third-order valence-electron chi connectivity index (χ3n) is 4.33. The fourth-order valence-electron chi connectivity index (χ4n) is 3.08. The Morgan fingerprint density at radius 2 is 1.44 bits per heavy atom. The maximum absolute atomic E-state index is 13.3. The summed E-state index contributed by atoms with van der Waals surface area (Å²) in [6.07, 6.45) is 1.80. The van der Waals surface area contributed by atoms with E-state index in [0.717, 1.165) is 22.2 Å². The van der Waals surface area contributed by atoms with Gasteiger partial charge in [0, 0.05) is 28.4 Å². The van der Waals surface area contributed by atoms with E-state index in [1.807, 2.05) is 84.9 Å². The molecule has 0 unspecified atom stereocenters. The molecule has 2 N–H and O–H groups in total. The van der Waals surface area contributed by atoms with Crippen LogP contribution in [0.3, 0.4) is 0 Å². The number of ketones is 1. The van der Waals surface area contributed by atoms with Gasteiger partial charge in [-0.05, 0) is 23.8 Å². The number of aromatic amines is 1. The predicted molar refractivity (Wildman–Crippen MR) is 102 cm³/mol. The summed E-state index contributed by atoms with van der Waals surface area (Å²) in [4.78, 5) is 16.5. The minimum Gasteiger partial charge on any atom is -0.371 e. The number of fused-ring (bicyclic) bond motifs is 1. The lowest BCUT2D eigenvalue weighted by molar-refractivity contribution is 0.0971. The Kier molecular flexibility index (Phi) is 4.05. The molecule has 0 aliphatic carbocycles. The molecule has 0 amide bonds. The number of carbonyl (C=O) groups is 1. The van der Waals surface area contributed by atoms with Crippen molar-refractivity contribution in [2.75, 3.05) is 5.32 Å². The maximum Gasteiger partial charge on any atom is 0.191 e. The minimum atomic E-state index is -0.442. The Morgan fingerprint density at radius 1 is 0.800 bits per heavy atom. The summed E-state index contributed by atoms with van der Waals surface area (Å²) in [5.74, 6) is 0.0486. The molecule has 0 spiro atoms. The first kappa shape index (κ1) is 15.2. The second kappa shape index (κ2) is 6.65. The number of anilines is 1. The molecule has 1 atom stereocenters. The van der Waals surface area contributed by atoms with E-state index in [0.29, 0.717) is 5.56 Å². The van der Waals surface area contributed by atoms with Crippen LogP contribution in [0.25, 0.3) is 10.9 Å². The molecule has 0 fully saturated rings. The lowest BCUT2D eigenvalue weighted by Gasteiger charge is -2.19. The van der Waals surface area contributed by atoms with Gasteiger partial charge in [-0.2, -0.15) is 0 Å². The molecule has 0 bridgehead atoms. The predicted octanol–water partition coefficient (Wildman–Crippen LogP) is 5.20. The van der Waals surface area contributed by atoms with Crippen molar-refractivity contribution in [1.82, 2.24) is 4.98 Å². The zero-order valence-corrected chi connectivity index (χ0v) is 13.6. The number of aromatic nitrogens is 1. The summed E-state index contributed by atoms with van der Waals surface area (Å²) >= 11 is 0. The molecule has 122 valence electrons. The summed E-state index contributed by atoms with van der Waals surface area (Å²) in [6.45, 7) is 0. The number of rotatable bonds is 5. The van der Waals surface area contributed by atoms with Crippen LogP contribution >= 0.6 is 0 Å². The fraction of sp³-hybridized carbons (Fsp3) is 0.0455. The van der Waals surface area contributed by atoms with Crippen molar-refractivity contribution in [2.45, 2.75) is 6.04 Å². The molecule has 4 rings (SSSR count). The standard InChI is InChI=1S/C22H18N2O/c25-22(19-15-23-20-14-8-7-13-18(19)20)21(16-9-3-1-4-10-16)24-17-11-5-2-6-12-17/h1-15,21,23-24H/t21-/m1/s1. The van der Waals surface area contributed by atoms with E-state index in [4.69, 9.17) is 0 Å². The van der Waals surface area contributed by atoms with E-state index < -0.39 is 6.04 Å². The third-order valence-corrected chi connectivity index (χ3v) is 4.33. The van der Waals surface area contributed by atoms with Crippen LogP contribution in [0.1, 0.15) is 22.0 Å². The summed E-state index contributed by atoms with van der Waals surface area (Å²) in [5.41, 5.74) is 3.54. The summed E-state index contributed by atoms with van der Waals surface area (Å²) in [5, 5.41) is 4.33. The highest BCUT2D eigenvalue weighted by atomic mass is 16.1. The van der Waals surface area contributed by atoms with E-state index in [1.54, 1.807) is 6.20 Å². The molecule has 0 saturated carbocycles. The second-order valence-electron chi connectivity index (χ2n) is 5.97. The van der Waals surface area contributed by atoms with Crippen LogP contribution in [0.4, 0.5) is 5.69 Å². The Labute approximate surface area is 146 Å². The smallest absolute Gasteiger partial charge is 0.191 e. The first-order chi connectivity index (χ1) is 12.3. The SMILES string of the molecule is O=C(c1c[nH]c2ccccc12)[C@H](Nc1ccccc1)c1ccccc1. The van der Waals surface area contributed by atoms with E-state index in [1.165, 1.54) is 0 Å². The molecule has 4 aromatic rings. The van der Waals surface area contributed by atoms with Gasteiger partial charge in [-0.1, -0.05) is 66.7 Å². The lowest BCUT2D eigenvalue weighted by atomic mass is 9.96. The molecule has 25 heavy (non-hydrogen) atoms. The molecule has 3 heteroatoms. The van der Waals surface area contributed by atoms with Crippen LogP contribution in [0, 0.1) is 0 Å². The van der Waals surface area contributed by atoms with Gasteiger partial charge in [0.25, 0.3) is 0 Å². The van der Waals surface area contributed by atoms with Crippen LogP contribution in [0.2, 0.25) is 0 Å². The van der Waals surface area contributed by atoms with Gasteiger partial charge in [0.15, 0.2) is 5.78 Å². The Morgan fingerprint density at radius 3 is 2.20 bits per heavy atom. The van der Waals surface area contributed by atoms with Gasteiger partial charge in [0.2, 0.25) is 0 Å². The lowest BCUT2D eigenvalue weighted by Crippen LogP contribution is -2.21. The highest BCUT2D eigenvalue weighted by molar-refractivity contribution is 6.11. The van der Waals surface area contributed by atoms with Crippen molar-refractivity contribution in [3.8, 4) is 0 Å². The minimum absolute atomic E-state index is 0.0486. The molecule has 3 aromatic carbocycles. The molecule has 1 aromatic heterocycles. The number of Topliss-reactive ketones (excluding diaryl/α,β-unsaturated/α-hetero) is 1. The number of para-hydroxylation sites is 2. The van der Waals surface area contributed by atoms with E-state index >= 15 is 0 Å². The quantitative estimate of drug-likeness (QED) is 0.495. The van der Waals surface area contributed by atoms with Gasteiger partial charge in [-0.15, -0.1) is 0 Å². The van der Waals surface area contributed by atoms with Crippen molar-refractivity contribution in [2.24, 2.45) is 0 Å². The van der Waals surface area contributed by atoms with Gasteiger partial charge >= 0.3 is 0 Å². The summed E-state index contributed by atoms with van der Waals surface area (Å²) in [6, 6.07) is 27.1. The molecule has 0 saturated heterocycles. The van der Waals surface area contributed by atoms with E-state index in [2.05, 4.69) is 10.3 Å². The van der Waals surface area contributed by atoms with Crippen LogP contribution in [0.5, 0.6) is 0 Å². The molecular formula is C22H18N2O. The normalized spacial score (nSPS) is 12.0. The number of nitrogens with one attached hydrogen (secondary N) is 2. The highest BCUT2D eigenvalue weighted by Crippen LogP contribution is 2.27. The fourth-order valence-corrected chi connectivity index (χ4v) is 3.08. The number of hydrogen-bond acceptors (Lipinski definition) is 2. The largest absolute Gasteiger partial charge is 0.371 e. The number of carbonyl (C=O) groups excluding carboxylic acids is 1. The number of hydrogen-bond donors (Lipinski definition) is 2. The Hall–Kier alpha value is -3.33. The van der Waals surface area contributed by atoms with Crippen molar-refractivity contribution >= 4 is 22.4 Å². The Balaban J connectivity index is 1.76. The molecule has 0 aliphatic heterocycles. The summed E-state index contributed by atoms with van der Waals surface area (Å²) < 4.78 is 0. The molecular weight excluding hydrogens is 308 g/mol. The van der Waals surface area contributed by atoms with Gasteiger partial charge in [0.05, 0.1) is 0 Å². The third kappa shape index (κ3) is 3.04. The van der Waals surface area contributed by atoms with Crippen molar-refractivity contribution in [3.63, 3.8) is 0 Å². The molecule has 1 heterocycles. The number of H-pyrrole nitrogens is 1. The van der Waals surface area contributed by atoms with Crippen molar-refractivity contribution in [1.29, 1.82) is 0 Å². The van der Waals surface area contributed by atoms with E-state index in [9.17, 15) is 4.79 Å². The Bertz CT molecular complexity index is 990. The van der Waals surface area contributed by atoms with Gasteiger partial charge in [0.1, 0.15) is 6.04 Å². The second-order valence-corrected chi connectivity index (χ2v) is 5.97. The molecule has 0 aliphatic rings. The summed E-state index contributed by atoms with van der Waals surface area (Å²) in [7, 11) is 0. The van der Waals surface area contributed by atoms with Gasteiger partial charge in [-0.25, -0.2) is 0 Å². The number of benzene rings is 3. The average Bonchev–Trinajstić information content (AvgIpc) is 3.11. The van der Waals surface area contributed by atoms with Gasteiger partial charge < -0.3 is 10.3 Å². The maximum atomic E-state index is 13.3. The van der Waals surface area contributed by atoms with Crippen molar-refractivity contribution < 1.29 is 4.79 Å². The van der Waals surface area contributed by atoms with Crippen LogP contribution in [0.15, 0.2) is 91.1 Å². The monoisotopic (exact) mass is 326 g/mol. The molecule has 0 radical (unpaired) electrons. The van der Waals surface area contributed by atoms with Crippen molar-refractivity contribution in [3.05, 3.63) is 102 Å². The topological polar surface area (TPSA) is 44.9 Å². The first-order valence-electron chi connectivity index (χ1n) is 8.30. The average molecular weight is 326 g/mol. The first-order valence-corrected chi connectivity index (χ1v) is 8.30. The zero-order valence-electron chi connectivity index (χ0n) is 13.6. The van der Waals surface area contributed by atoms with Crippen LogP contribution in [-0.2, 0) is 0 Å². The van der Waals surface area contributed by atoms with Crippen LogP contribution in [-0.4, -0.2) is 10.8 Å². The molecule has 3 nitrogen and oxygen atoms in total. The van der Waals surface area contributed by atoms with Gasteiger partial charge in [-0.3, -0.25) is 4.79 Å². The zero-order chi connectivity index (χ0) is 17.1. The highest BCUT2D eigenvalue weighted by Gasteiger charge is 2.24. The van der Waals surface area contributed by atoms with Crippen LogP contribution < -0.4 is 5.32 Å². The van der Waals surface area contributed by atoms with E-state index in [-0.39, 0.29) is 5.78 Å².